The van der Waals surface area contributed by atoms with Crippen molar-refractivity contribution in [3.05, 3.63) is 23.8 Å². The third-order valence-corrected chi connectivity index (χ3v) is 2.72. The summed E-state index contributed by atoms with van der Waals surface area (Å²) in [6.07, 6.45) is 0.677. The van der Waals surface area contributed by atoms with E-state index in [1.54, 1.807) is 13.0 Å². The molecule has 1 rings (SSSR count). The second-order valence-electron chi connectivity index (χ2n) is 3.47. The fourth-order valence-corrected chi connectivity index (χ4v) is 1.77. The third kappa shape index (κ3) is 5.32. The summed E-state index contributed by atoms with van der Waals surface area (Å²) in [5.41, 5.74) is 1.85. The predicted octanol–water partition coefficient (Wildman–Crippen LogP) is 3.33. The van der Waals surface area contributed by atoms with Gasteiger partial charge in [0.15, 0.2) is 0 Å². The number of aryl methyl sites for hydroxylation is 1. The van der Waals surface area contributed by atoms with E-state index in [0.717, 1.165) is 5.56 Å². The number of benzene rings is 1. The van der Waals surface area contributed by atoms with Crippen LogP contribution >= 0.6 is 11.8 Å². The van der Waals surface area contributed by atoms with Gasteiger partial charge < -0.3 is 10.5 Å². The summed E-state index contributed by atoms with van der Waals surface area (Å²) < 4.78 is 41.9. The Hall–Kier alpha value is -0.880. The van der Waals surface area contributed by atoms with E-state index < -0.39 is 5.51 Å². The van der Waals surface area contributed by atoms with Crippen molar-refractivity contribution in [2.24, 2.45) is 5.73 Å². The molecule has 1 aromatic rings. The van der Waals surface area contributed by atoms with Gasteiger partial charge in [-0.2, -0.15) is 13.2 Å². The number of rotatable bonds is 5. The fourth-order valence-electron chi connectivity index (χ4n) is 1.20. The lowest BCUT2D eigenvalue weighted by molar-refractivity contribution is -0.0328. The first-order chi connectivity index (χ1) is 7.92. The monoisotopic (exact) mass is 265 g/mol. The van der Waals surface area contributed by atoms with Crippen molar-refractivity contribution in [3.63, 3.8) is 0 Å². The summed E-state index contributed by atoms with van der Waals surface area (Å²) in [7, 11) is 0. The highest BCUT2D eigenvalue weighted by Crippen LogP contribution is 2.38. The Balaban J connectivity index is 2.72. The molecular weight excluding hydrogens is 251 g/mol. The minimum absolute atomic E-state index is 0.130. The van der Waals surface area contributed by atoms with Gasteiger partial charge >= 0.3 is 5.51 Å². The maximum absolute atomic E-state index is 12.2. The Morgan fingerprint density at radius 2 is 2.06 bits per heavy atom. The zero-order chi connectivity index (χ0) is 12.9. The largest absolute Gasteiger partial charge is 0.493 e. The molecule has 0 saturated carbocycles. The van der Waals surface area contributed by atoms with Crippen LogP contribution in [-0.2, 0) is 0 Å². The maximum atomic E-state index is 12.2. The molecule has 0 unspecified atom stereocenters. The van der Waals surface area contributed by atoms with Crippen LogP contribution in [0, 0.1) is 6.92 Å². The summed E-state index contributed by atoms with van der Waals surface area (Å²) in [6, 6.07) is 4.46. The van der Waals surface area contributed by atoms with E-state index in [1.807, 2.05) is 0 Å². The summed E-state index contributed by atoms with van der Waals surface area (Å²) in [6.45, 7) is 2.70. The van der Waals surface area contributed by atoms with Gasteiger partial charge in [0.1, 0.15) is 5.75 Å². The molecule has 0 aromatic heterocycles. The van der Waals surface area contributed by atoms with E-state index in [1.165, 1.54) is 12.1 Å². The van der Waals surface area contributed by atoms with Crippen LogP contribution in [-0.4, -0.2) is 18.7 Å². The molecule has 0 atom stereocenters. The van der Waals surface area contributed by atoms with Crippen LogP contribution in [0.1, 0.15) is 12.0 Å². The van der Waals surface area contributed by atoms with Crippen LogP contribution < -0.4 is 10.5 Å². The summed E-state index contributed by atoms with van der Waals surface area (Å²) in [5, 5.41) is 0. The molecule has 2 nitrogen and oxygen atoms in total. The zero-order valence-corrected chi connectivity index (χ0v) is 10.2. The SMILES string of the molecule is Cc1ccc(SC(F)(F)F)cc1OCCCN. The molecular formula is C11H14F3NOS. The van der Waals surface area contributed by atoms with Gasteiger partial charge in [0.2, 0.25) is 0 Å². The summed E-state index contributed by atoms with van der Waals surface area (Å²) in [4.78, 5) is 0.130. The van der Waals surface area contributed by atoms with Crippen molar-refractivity contribution in [3.8, 4) is 5.75 Å². The first-order valence-electron chi connectivity index (χ1n) is 5.11. The van der Waals surface area contributed by atoms with E-state index in [-0.39, 0.29) is 16.7 Å². The molecule has 1 aromatic carbocycles. The van der Waals surface area contributed by atoms with Gasteiger partial charge in [-0.15, -0.1) is 0 Å². The van der Waals surface area contributed by atoms with Crippen LogP contribution in [0.3, 0.4) is 0 Å². The second kappa shape index (κ2) is 6.16. The number of hydrogen-bond donors (Lipinski definition) is 1. The zero-order valence-electron chi connectivity index (χ0n) is 9.38. The number of halogens is 3. The molecule has 96 valence electrons. The lowest BCUT2D eigenvalue weighted by Crippen LogP contribution is -2.07. The lowest BCUT2D eigenvalue weighted by Gasteiger charge is -2.11. The number of ether oxygens (including phenoxy) is 1. The fraction of sp³-hybridized carbons (Fsp3) is 0.455. The van der Waals surface area contributed by atoms with Gasteiger partial charge in [0, 0.05) is 4.90 Å². The van der Waals surface area contributed by atoms with Crippen LogP contribution in [0.2, 0.25) is 0 Å². The minimum atomic E-state index is -4.27. The van der Waals surface area contributed by atoms with E-state index in [2.05, 4.69) is 0 Å². The molecule has 0 amide bonds. The Morgan fingerprint density at radius 3 is 2.65 bits per heavy atom. The highest BCUT2D eigenvalue weighted by atomic mass is 32.2. The maximum Gasteiger partial charge on any atom is 0.446 e. The molecule has 0 aliphatic carbocycles. The number of hydrogen-bond acceptors (Lipinski definition) is 3. The lowest BCUT2D eigenvalue weighted by atomic mass is 10.2. The standard InChI is InChI=1S/C11H14F3NOS/c1-8-3-4-9(17-11(12,13)14)7-10(8)16-6-2-5-15/h3-4,7H,2,5-6,15H2,1H3. The number of thioether (sulfide) groups is 1. The smallest absolute Gasteiger partial charge is 0.446 e. The molecule has 0 heterocycles. The number of alkyl halides is 3. The summed E-state index contributed by atoms with van der Waals surface area (Å²) in [5.74, 6) is 0.479. The molecule has 0 spiro atoms. The quantitative estimate of drug-likeness (QED) is 0.655. The Bertz CT molecular complexity index is 368. The third-order valence-electron chi connectivity index (χ3n) is 2.00. The molecule has 2 N–H and O–H groups in total. The van der Waals surface area contributed by atoms with Gasteiger partial charge in [0.05, 0.1) is 6.61 Å². The van der Waals surface area contributed by atoms with E-state index >= 15 is 0 Å². The molecule has 0 fully saturated rings. The van der Waals surface area contributed by atoms with E-state index in [9.17, 15) is 13.2 Å². The van der Waals surface area contributed by atoms with Gasteiger partial charge in [0.25, 0.3) is 0 Å². The molecule has 0 aliphatic rings. The highest BCUT2D eigenvalue weighted by molar-refractivity contribution is 8.00. The van der Waals surface area contributed by atoms with Crippen molar-refractivity contribution in [2.75, 3.05) is 13.2 Å². The Kier molecular flexibility index (Phi) is 5.14. The van der Waals surface area contributed by atoms with Crippen molar-refractivity contribution in [1.29, 1.82) is 0 Å². The van der Waals surface area contributed by atoms with Gasteiger partial charge in [-0.3, -0.25) is 0 Å². The second-order valence-corrected chi connectivity index (χ2v) is 4.60. The van der Waals surface area contributed by atoms with Gasteiger partial charge in [-0.05, 0) is 49.3 Å². The molecule has 17 heavy (non-hydrogen) atoms. The number of nitrogens with two attached hydrogens (primary N) is 1. The van der Waals surface area contributed by atoms with E-state index in [4.69, 9.17) is 10.5 Å². The highest BCUT2D eigenvalue weighted by Gasteiger charge is 2.29. The van der Waals surface area contributed by atoms with Crippen molar-refractivity contribution in [1.82, 2.24) is 0 Å². The molecule has 0 radical (unpaired) electrons. The Morgan fingerprint density at radius 1 is 1.35 bits per heavy atom. The van der Waals surface area contributed by atoms with E-state index in [0.29, 0.717) is 25.3 Å². The topological polar surface area (TPSA) is 35.2 Å². The molecule has 6 heteroatoms. The first kappa shape index (κ1) is 14.2. The van der Waals surface area contributed by atoms with Crippen molar-refractivity contribution in [2.45, 2.75) is 23.7 Å². The average molecular weight is 265 g/mol. The molecule has 0 aliphatic heterocycles. The average Bonchev–Trinajstić information content (AvgIpc) is 2.21. The van der Waals surface area contributed by atoms with Gasteiger partial charge in [-0.25, -0.2) is 0 Å². The molecule has 0 saturated heterocycles. The first-order valence-corrected chi connectivity index (χ1v) is 5.93. The molecule has 0 bridgehead atoms. The van der Waals surface area contributed by atoms with Gasteiger partial charge in [-0.1, -0.05) is 6.07 Å². The van der Waals surface area contributed by atoms with Crippen LogP contribution in [0.4, 0.5) is 13.2 Å². The van der Waals surface area contributed by atoms with Crippen LogP contribution in [0.5, 0.6) is 5.75 Å². The Labute approximate surface area is 102 Å². The van der Waals surface area contributed by atoms with Crippen LogP contribution in [0.25, 0.3) is 0 Å². The predicted molar refractivity (Wildman–Crippen MR) is 62.3 cm³/mol. The normalized spacial score (nSPS) is 11.6. The summed E-state index contributed by atoms with van der Waals surface area (Å²) >= 11 is -0.142. The van der Waals surface area contributed by atoms with Crippen molar-refractivity contribution >= 4 is 11.8 Å². The minimum Gasteiger partial charge on any atom is -0.493 e. The van der Waals surface area contributed by atoms with Crippen molar-refractivity contribution < 1.29 is 17.9 Å². The van der Waals surface area contributed by atoms with Crippen LogP contribution in [0.15, 0.2) is 23.1 Å².